The maximum atomic E-state index is 15.0. The van der Waals surface area contributed by atoms with Gasteiger partial charge in [0.2, 0.25) is 41.4 Å². The summed E-state index contributed by atoms with van der Waals surface area (Å²) in [5.74, 6) is -4.31. The minimum absolute atomic E-state index is 0.0365. The lowest BCUT2D eigenvalue weighted by Gasteiger charge is -2.34. The summed E-state index contributed by atoms with van der Waals surface area (Å²) < 4.78 is 0. The molecule has 2 fully saturated rings. The second-order valence-electron chi connectivity index (χ2n) is 17.1. The van der Waals surface area contributed by atoms with Crippen LogP contribution in [0.3, 0.4) is 0 Å². The van der Waals surface area contributed by atoms with Gasteiger partial charge in [-0.3, -0.25) is 39.0 Å². The maximum absolute atomic E-state index is 15.0. The van der Waals surface area contributed by atoms with Crippen molar-refractivity contribution < 1.29 is 33.6 Å². The Bertz CT molecular complexity index is 2410. The van der Waals surface area contributed by atoms with E-state index in [4.69, 9.17) is 11.1 Å². The highest BCUT2D eigenvalue weighted by Gasteiger charge is 2.49. The average molecular weight is 888 g/mol. The van der Waals surface area contributed by atoms with Gasteiger partial charge in [-0.05, 0) is 60.4 Å². The molecule has 0 radical (unpaired) electrons. The van der Waals surface area contributed by atoms with E-state index in [9.17, 15) is 33.6 Å². The van der Waals surface area contributed by atoms with Gasteiger partial charge >= 0.3 is 0 Å². The molecule has 7 amide bonds. The topological polar surface area (TPSA) is 273 Å². The predicted molar refractivity (Wildman–Crippen MR) is 242 cm³/mol. The van der Waals surface area contributed by atoms with Crippen molar-refractivity contribution in [2.45, 2.75) is 100 Å². The maximum Gasteiger partial charge on any atom is 0.247 e. The second-order valence-corrected chi connectivity index (χ2v) is 17.1. The fourth-order valence-corrected chi connectivity index (χ4v) is 9.14. The smallest absolute Gasteiger partial charge is 0.247 e. The molecule has 2 aliphatic heterocycles. The van der Waals surface area contributed by atoms with Crippen LogP contribution in [-0.2, 0) is 59.2 Å². The van der Waals surface area contributed by atoms with E-state index >= 15 is 0 Å². The van der Waals surface area contributed by atoms with Crippen LogP contribution in [-0.4, -0.2) is 113 Å². The number of aromatic nitrogens is 1. The summed E-state index contributed by atoms with van der Waals surface area (Å²) in [5, 5.41) is 28.4. The normalized spacial score (nSPS) is 21.8. The highest BCUT2D eigenvalue weighted by molar-refractivity contribution is 6.00. The van der Waals surface area contributed by atoms with Crippen LogP contribution in [0.5, 0.6) is 0 Å². The zero-order valence-corrected chi connectivity index (χ0v) is 36.3. The van der Waals surface area contributed by atoms with Crippen LogP contribution < -0.4 is 43.0 Å². The van der Waals surface area contributed by atoms with Gasteiger partial charge in [0.15, 0.2) is 5.96 Å². The van der Waals surface area contributed by atoms with Crippen molar-refractivity contribution in [2.24, 2.45) is 5.73 Å². The number of nitrogens with two attached hydrogens (primary N) is 1. The summed E-state index contributed by atoms with van der Waals surface area (Å²) >= 11 is 0. The van der Waals surface area contributed by atoms with Crippen molar-refractivity contribution in [1.29, 1.82) is 5.41 Å². The number of H-pyrrole nitrogens is 1. The summed E-state index contributed by atoms with van der Waals surface area (Å²) in [6, 6.07) is 18.4. The summed E-state index contributed by atoms with van der Waals surface area (Å²) in [5.41, 5.74) is 7.97. The van der Waals surface area contributed by atoms with Gasteiger partial charge in [0.05, 0.1) is 0 Å². The Labute approximate surface area is 376 Å². The summed E-state index contributed by atoms with van der Waals surface area (Å²) in [6.07, 6.45) is 3.23. The second kappa shape index (κ2) is 20.5. The molecule has 65 heavy (non-hydrogen) atoms. The number of guanidine groups is 1. The van der Waals surface area contributed by atoms with E-state index in [2.05, 4.69) is 42.2 Å². The van der Waals surface area contributed by atoms with Gasteiger partial charge in [0.25, 0.3) is 0 Å². The number of nitrogens with zero attached hydrogens (tertiary/aromatic N) is 1. The van der Waals surface area contributed by atoms with E-state index < -0.39 is 77.1 Å². The van der Waals surface area contributed by atoms with E-state index in [0.29, 0.717) is 12.8 Å². The number of amides is 7. The van der Waals surface area contributed by atoms with Gasteiger partial charge in [0, 0.05) is 69.3 Å². The number of carbonyl (C=O) groups is 7. The number of aromatic amines is 1. The zero-order valence-electron chi connectivity index (χ0n) is 36.3. The standard InChI is InChI=1S/C47H57N11O7/c1-28(59)53-37(23-29-11-3-2-4-12-29)41(61)55-36-19-21-50-40(60)35(17-9-20-51-46(48)49)54-42(62)38(24-32-27-52-34-16-8-7-15-33(32)34)56-45(65)47(25-30-13-5-6-14-31(30)26-47)57-43(63)39-18-10-22-58(39)44(36)64/h2-8,11-16,27,35-39,52H,9-10,17-26H2,1H3,(H,50,60)(H,53,59)(H,54,62)(H,55,61)(H,56,65)(H,57,63)(H4,48,49,51)/t35?,36-,37-,38?,39?/m0/s1. The van der Waals surface area contributed by atoms with Gasteiger partial charge in [0.1, 0.15) is 35.7 Å². The van der Waals surface area contributed by atoms with E-state index in [0.717, 1.165) is 33.2 Å². The molecular weight excluding hydrogens is 831 g/mol. The minimum Gasteiger partial charge on any atom is -0.370 e. The van der Waals surface area contributed by atoms with Gasteiger partial charge in [-0.1, -0.05) is 72.8 Å². The summed E-state index contributed by atoms with van der Waals surface area (Å²) in [7, 11) is 0. The molecule has 1 aliphatic carbocycles. The Morgan fingerprint density at radius 1 is 0.877 bits per heavy atom. The van der Waals surface area contributed by atoms with E-state index in [1.807, 2.05) is 78.9 Å². The minimum atomic E-state index is -1.56. The highest BCUT2D eigenvalue weighted by atomic mass is 16.2. The van der Waals surface area contributed by atoms with Crippen LogP contribution in [0.25, 0.3) is 10.9 Å². The van der Waals surface area contributed by atoms with Gasteiger partial charge in [-0.2, -0.15) is 0 Å². The molecule has 18 heteroatoms. The molecule has 7 rings (SSSR count). The first kappa shape index (κ1) is 45.8. The molecule has 0 bridgehead atoms. The number of para-hydroxylation sites is 1. The van der Waals surface area contributed by atoms with Crippen LogP contribution in [0.15, 0.2) is 85.1 Å². The molecule has 3 aromatic carbocycles. The molecule has 11 N–H and O–H groups in total. The molecular formula is C47H57N11O7. The van der Waals surface area contributed by atoms with E-state index in [1.165, 1.54) is 11.8 Å². The third-order valence-corrected chi connectivity index (χ3v) is 12.4. The van der Waals surface area contributed by atoms with Crippen LogP contribution in [0.1, 0.15) is 61.3 Å². The summed E-state index contributed by atoms with van der Waals surface area (Å²) in [4.78, 5) is 104. The monoisotopic (exact) mass is 887 g/mol. The molecule has 0 saturated carbocycles. The van der Waals surface area contributed by atoms with Crippen LogP contribution in [0.2, 0.25) is 0 Å². The average Bonchev–Trinajstić information content (AvgIpc) is 4.04. The highest BCUT2D eigenvalue weighted by Crippen LogP contribution is 2.32. The molecule has 5 atom stereocenters. The third kappa shape index (κ3) is 11.1. The van der Waals surface area contributed by atoms with Crippen molar-refractivity contribution in [2.75, 3.05) is 19.6 Å². The Morgan fingerprint density at radius 2 is 1.58 bits per heavy atom. The van der Waals surface area contributed by atoms with Crippen molar-refractivity contribution in [3.8, 4) is 0 Å². The molecule has 1 aromatic heterocycles. The predicted octanol–water partition coefficient (Wildman–Crippen LogP) is 0.340. The number of fused-ring (bicyclic) bond motifs is 3. The van der Waals surface area contributed by atoms with E-state index in [-0.39, 0.29) is 70.5 Å². The first-order valence-electron chi connectivity index (χ1n) is 22.1. The summed E-state index contributed by atoms with van der Waals surface area (Å²) in [6.45, 7) is 1.58. The lowest BCUT2D eigenvalue weighted by molar-refractivity contribution is -0.143. The fourth-order valence-electron chi connectivity index (χ4n) is 9.14. The number of hydrogen-bond donors (Lipinski definition) is 10. The molecule has 342 valence electrons. The first-order chi connectivity index (χ1) is 31.3. The molecule has 3 heterocycles. The van der Waals surface area contributed by atoms with Crippen LogP contribution >= 0.6 is 0 Å². The molecule has 3 unspecified atom stereocenters. The molecule has 3 aliphatic rings. The van der Waals surface area contributed by atoms with Gasteiger partial charge < -0.3 is 52.8 Å². The Hall–Kier alpha value is -7.24. The van der Waals surface area contributed by atoms with Crippen molar-refractivity contribution >= 4 is 58.2 Å². The molecule has 4 aromatic rings. The lowest BCUT2D eigenvalue weighted by Crippen LogP contribution is -2.65. The number of hydrogen-bond acceptors (Lipinski definition) is 8. The SMILES string of the molecule is CC(=O)N[C@@H](Cc1ccccc1)C(=O)N[C@H]1CCNC(=O)C(CCCNC(=N)N)NC(=O)C(Cc2c[nH]c3ccccc23)NC(=O)C2(Cc3ccccc3C2)NC(=O)C2CCCN2C1=O. The van der Waals surface area contributed by atoms with Gasteiger partial charge in [-0.25, -0.2) is 0 Å². The fraction of sp³-hybridized carbons (Fsp3) is 0.404. The number of carbonyl (C=O) groups excluding carboxylic acids is 7. The number of rotatable bonds is 11. The number of nitrogens with one attached hydrogen (secondary N) is 9. The van der Waals surface area contributed by atoms with Crippen LogP contribution in [0, 0.1) is 5.41 Å². The molecule has 1 spiro atoms. The Kier molecular flexibility index (Phi) is 14.4. The number of benzene rings is 3. The third-order valence-electron chi connectivity index (χ3n) is 12.4. The molecule has 2 saturated heterocycles. The largest absolute Gasteiger partial charge is 0.370 e. The van der Waals surface area contributed by atoms with Gasteiger partial charge in [-0.15, -0.1) is 0 Å². The first-order valence-corrected chi connectivity index (χ1v) is 22.1. The van der Waals surface area contributed by atoms with Crippen molar-refractivity contribution in [3.05, 3.63) is 107 Å². The van der Waals surface area contributed by atoms with Crippen molar-refractivity contribution in [1.82, 2.24) is 47.1 Å². The molecule has 18 nitrogen and oxygen atoms in total. The van der Waals surface area contributed by atoms with Crippen LogP contribution in [0.4, 0.5) is 0 Å². The Balaban J connectivity index is 1.24. The van der Waals surface area contributed by atoms with Crippen molar-refractivity contribution in [3.63, 3.8) is 0 Å². The Morgan fingerprint density at radius 3 is 2.31 bits per heavy atom. The van der Waals surface area contributed by atoms with E-state index in [1.54, 1.807) is 6.20 Å². The zero-order chi connectivity index (χ0) is 46.1. The lowest BCUT2D eigenvalue weighted by atomic mass is 9.92. The quantitative estimate of drug-likeness (QED) is 0.0565.